The van der Waals surface area contributed by atoms with Crippen LogP contribution in [-0.2, 0) is 10.8 Å². The van der Waals surface area contributed by atoms with Gasteiger partial charge in [-0.3, -0.25) is 0 Å². The molecule has 11 aromatic rings. The first-order valence-corrected chi connectivity index (χ1v) is 21.6. The van der Waals surface area contributed by atoms with Crippen molar-refractivity contribution in [2.24, 2.45) is 0 Å². The third-order valence-corrected chi connectivity index (χ3v) is 13.4. The van der Waals surface area contributed by atoms with Crippen molar-refractivity contribution >= 4 is 92.4 Å². The molecule has 0 fully saturated rings. The van der Waals surface area contributed by atoms with E-state index < -0.39 is 0 Å². The van der Waals surface area contributed by atoms with Crippen LogP contribution in [0.4, 0.5) is 17.1 Å². The number of nitrogens with zero attached hydrogens (tertiary/aromatic N) is 1. The average Bonchev–Trinajstić information content (AvgIpc) is 3.95. The Hall–Kier alpha value is -6.62. The summed E-state index contributed by atoms with van der Waals surface area (Å²) in [7, 11) is 0. The Morgan fingerprint density at radius 3 is 1.58 bits per heavy atom. The van der Waals surface area contributed by atoms with E-state index in [0.29, 0.717) is 0 Å². The predicted molar refractivity (Wildman–Crippen MR) is 257 cm³/mol. The van der Waals surface area contributed by atoms with Gasteiger partial charge in [0.1, 0.15) is 22.3 Å². The standard InChI is InChI=1S/C56H45NO2S/c1-55(2,3)47-20-11-17-44-43-16-9-14-39(51(43)59-52(44)47)34-23-27-36(28-24-34)57(38-31-32-42-41-13-7-8-22-49(41)58-50(42)33-38)37-29-25-35(26-30-37)40-15-10-18-45-46-19-12-21-48(56(4,5)6)54(46)60-53(40)45/h7-33H,1-6H3. The molecule has 0 saturated heterocycles. The Balaban J connectivity index is 1.02. The van der Waals surface area contributed by atoms with Crippen LogP contribution in [0.2, 0.25) is 0 Å². The van der Waals surface area contributed by atoms with Gasteiger partial charge in [-0.25, -0.2) is 0 Å². The van der Waals surface area contributed by atoms with Crippen LogP contribution in [0, 0.1) is 0 Å². The third-order valence-electron chi connectivity index (χ3n) is 12.2. The van der Waals surface area contributed by atoms with Gasteiger partial charge in [-0.2, -0.15) is 0 Å². The summed E-state index contributed by atoms with van der Waals surface area (Å²) < 4.78 is 15.9. The van der Waals surface area contributed by atoms with E-state index in [0.717, 1.165) is 72.1 Å². The highest BCUT2D eigenvalue weighted by atomic mass is 32.1. The van der Waals surface area contributed by atoms with Crippen molar-refractivity contribution in [2.75, 3.05) is 4.90 Å². The number of hydrogen-bond donors (Lipinski definition) is 0. The maximum Gasteiger partial charge on any atom is 0.143 e. The third kappa shape index (κ3) is 5.84. The molecule has 8 aromatic carbocycles. The summed E-state index contributed by atoms with van der Waals surface area (Å²) in [5.74, 6) is 0. The van der Waals surface area contributed by atoms with E-state index in [1.807, 2.05) is 23.5 Å². The first-order chi connectivity index (χ1) is 29.0. The van der Waals surface area contributed by atoms with Crippen molar-refractivity contribution in [3.63, 3.8) is 0 Å². The van der Waals surface area contributed by atoms with E-state index in [9.17, 15) is 0 Å². The fourth-order valence-electron chi connectivity index (χ4n) is 9.16. The van der Waals surface area contributed by atoms with Crippen LogP contribution in [0.1, 0.15) is 52.7 Å². The van der Waals surface area contributed by atoms with Gasteiger partial charge < -0.3 is 13.7 Å². The lowest BCUT2D eigenvalue weighted by molar-refractivity contribution is 0.573. The zero-order chi connectivity index (χ0) is 40.9. The van der Waals surface area contributed by atoms with Gasteiger partial charge in [0.25, 0.3) is 0 Å². The largest absolute Gasteiger partial charge is 0.456 e. The van der Waals surface area contributed by atoms with Crippen molar-refractivity contribution in [1.29, 1.82) is 0 Å². The zero-order valence-electron chi connectivity index (χ0n) is 34.8. The van der Waals surface area contributed by atoms with E-state index in [4.69, 9.17) is 8.83 Å². The summed E-state index contributed by atoms with van der Waals surface area (Å²) in [6.07, 6.45) is 0. The molecule has 3 aromatic heterocycles. The SMILES string of the molecule is CC(C)(C)c1cccc2c1oc1c(-c3ccc(N(c4ccc(-c5cccc6c5sc5c(C(C)(C)C)cccc56)cc4)c4ccc5c(c4)oc4ccccc45)cc3)cccc12. The lowest BCUT2D eigenvalue weighted by Gasteiger charge is -2.26. The number of thiophene rings is 1. The molecule has 292 valence electrons. The Kier molecular flexibility index (Phi) is 8.18. The second-order valence-electron chi connectivity index (χ2n) is 18.1. The van der Waals surface area contributed by atoms with Crippen molar-refractivity contribution in [3.05, 3.63) is 175 Å². The molecular formula is C56H45NO2S. The number of furan rings is 2. The van der Waals surface area contributed by atoms with Gasteiger partial charge in [-0.15, -0.1) is 11.3 Å². The first-order valence-electron chi connectivity index (χ1n) is 20.8. The van der Waals surface area contributed by atoms with Crippen LogP contribution >= 0.6 is 11.3 Å². The van der Waals surface area contributed by atoms with Crippen LogP contribution in [0.15, 0.2) is 173 Å². The molecule has 0 atom stereocenters. The van der Waals surface area contributed by atoms with Crippen LogP contribution < -0.4 is 4.90 Å². The molecule has 4 heteroatoms. The monoisotopic (exact) mass is 795 g/mol. The molecule has 0 radical (unpaired) electrons. The molecule has 60 heavy (non-hydrogen) atoms. The molecule has 0 N–H and O–H groups in total. The maximum absolute atomic E-state index is 6.77. The Morgan fingerprint density at radius 2 is 0.900 bits per heavy atom. The van der Waals surface area contributed by atoms with Gasteiger partial charge in [-0.05, 0) is 75.5 Å². The summed E-state index contributed by atoms with van der Waals surface area (Å²) in [5.41, 5.74) is 14.1. The second-order valence-corrected chi connectivity index (χ2v) is 19.2. The molecule has 0 aliphatic carbocycles. The van der Waals surface area contributed by atoms with Crippen LogP contribution in [0.3, 0.4) is 0 Å². The number of anilines is 3. The molecule has 3 heterocycles. The van der Waals surface area contributed by atoms with Gasteiger partial charge >= 0.3 is 0 Å². The molecule has 0 bridgehead atoms. The lowest BCUT2D eigenvalue weighted by atomic mass is 9.86. The van der Waals surface area contributed by atoms with E-state index in [1.165, 1.54) is 42.4 Å². The zero-order valence-corrected chi connectivity index (χ0v) is 35.6. The minimum absolute atomic E-state index is 0.0374. The highest BCUT2D eigenvalue weighted by Gasteiger charge is 2.23. The number of para-hydroxylation sites is 3. The van der Waals surface area contributed by atoms with Gasteiger partial charge in [0.05, 0.1) is 0 Å². The molecule has 0 aliphatic heterocycles. The number of rotatable bonds is 5. The van der Waals surface area contributed by atoms with Crippen molar-refractivity contribution in [1.82, 2.24) is 0 Å². The van der Waals surface area contributed by atoms with Crippen molar-refractivity contribution in [3.8, 4) is 22.3 Å². The summed E-state index contributed by atoms with van der Waals surface area (Å²) in [6, 6.07) is 59.3. The summed E-state index contributed by atoms with van der Waals surface area (Å²) in [5, 5.41) is 7.18. The molecule has 0 unspecified atom stereocenters. The minimum atomic E-state index is -0.0374. The molecule has 0 spiro atoms. The smallest absolute Gasteiger partial charge is 0.143 e. The summed E-state index contributed by atoms with van der Waals surface area (Å²) in [4.78, 5) is 2.33. The topological polar surface area (TPSA) is 29.5 Å². The highest BCUT2D eigenvalue weighted by molar-refractivity contribution is 7.26. The fourth-order valence-corrected chi connectivity index (χ4v) is 10.7. The quantitative estimate of drug-likeness (QED) is 0.174. The van der Waals surface area contributed by atoms with Crippen molar-refractivity contribution in [2.45, 2.75) is 52.4 Å². The van der Waals surface area contributed by atoms with Gasteiger partial charge in [0.2, 0.25) is 0 Å². The number of hydrogen-bond acceptors (Lipinski definition) is 4. The molecule has 0 aliphatic rings. The van der Waals surface area contributed by atoms with E-state index >= 15 is 0 Å². The Bertz CT molecular complexity index is 3260. The average molecular weight is 796 g/mol. The number of benzene rings is 8. The van der Waals surface area contributed by atoms with E-state index in [2.05, 4.69) is 198 Å². The van der Waals surface area contributed by atoms with Crippen molar-refractivity contribution < 1.29 is 8.83 Å². The molecule has 11 rings (SSSR count). The van der Waals surface area contributed by atoms with E-state index in [-0.39, 0.29) is 10.8 Å². The predicted octanol–water partition coefficient (Wildman–Crippen LogP) is 17.3. The molecule has 3 nitrogen and oxygen atoms in total. The molecular weight excluding hydrogens is 751 g/mol. The van der Waals surface area contributed by atoms with Gasteiger partial charge in [0.15, 0.2) is 0 Å². The first kappa shape index (κ1) is 36.5. The van der Waals surface area contributed by atoms with Gasteiger partial charge in [-0.1, -0.05) is 157 Å². The molecule has 0 amide bonds. The Morgan fingerprint density at radius 1 is 0.383 bits per heavy atom. The van der Waals surface area contributed by atoms with Crippen LogP contribution in [-0.4, -0.2) is 0 Å². The summed E-state index contributed by atoms with van der Waals surface area (Å²) >= 11 is 1.92. The fraction of sp³-hybridized carbons (Fsp3) is 0.143. The van der Waals surface area contributed by atoms with Gasteiger partial charge in [0, 0.05) is 76.0 Å². The summed E-state index contributed by atoms with van der Waals surface area (Å²) in [6.45, 7) is 13.7. The van der Waals surface area contributed by atoms with E-state index in [1.54, 1.807) is 0 Å². The lowest BCUT2D eigenvalue weighted by Crippen LogP contribution is -2.10. The Labute approximate surface area is 354 Å². The minimum Gasteiger partial charge on any atom is -0.456 e. The van der Waals surface area contributed by atoms with Crippen LogP contribution in [0.5, 0.6) is 0 Å². The normalized spacial score (nSPS) is 12.5. The number of fused-ring (bicyclic) bond motifs is 9. The van der Waals surface area contributed by atoms with Crippen LogP contribution in [0.25, 0.3) is 86.3 Å². The maximum atomic E-state index is 6.77. The second kappa shape index (κ2) is 13.5. The highest BCUT2D eigenvalue weighted by Crippen LogP contribution is 2.46. The molecule has 0 saturated carbocycles.